The van der Waals surface area contributed by atoms with Crippen LogP contribution in [0.25, 0.3) is 0 Å². The fourth-order valence-corrected chi connectivity index (χ4v) is 6.91. The van der Waals surface area contributed by atoms with Crippen molar-refractivity contribution in [2.75, 3.05) is 13.2 Å². The molecule has 0 heterocycles. The second-order valence-electron chi connectivity index (χ2n) is 16.4. The van der Waals surface area contributed by atoms with Crippen LogP contribution in [-0.4, -0.2) is 37.2 Å². The minimum Gasteiger partial charge on any atom is -0.462 e. The maximum atomic E-state index is 12.7. The molecule has 0 aromatic carbocycles. The summed E-state index contributed by atoms with van der Waals surface area (Å²) in [6, 6.07) is 0. The third-order valence-electron chi connectivity index (χ3n) is 10.6. The molecule has 0 aliphatic rings. The molecule has 0 aliphatic heterocycles. The number of carbonyl (C=O) groups excluding carboxylic acids is 3. The van der Waals surface area contributed by atoms with Gasteiger partial charge >= 0.3 is 17.9 Å². The van der Waals surface area contributed by atoms with Gasteiger partial charge in [0, 0.05) is 19.3 Å². The Morgan fingerprint density at radius 3 is 1.09 bits per heavy atom. The smallest absolute Gasteiger partial charge is 0.306 e. The summed E-state index contributed by atoms with van der Waals surface area (Å²) in [4.78, 5) is 37.8. The van der Waals surface area contributed by atoms with E-state index < -0.39 is 6.10 Å². The van der Waals surface area contributed by atoms with Gasteiger partial charge in [0.05, 0.1) is 0 Å². The molecule has 1 atom stereocenters. The average molecular weight is 813 g/mol. The first-order valence-corrected chi connectivity index (χ1v) is 24.7. The zero-order chi connectivity index (χ0) is 42.3. The second kappa shape index (κ2) is 47.1. The van der Waals surface area contributed by atoms with E-state index in [2.05, 4.69) is 69.4 Å². The number of hydrogen-bond donors (Lipinski definition) is 0. The Balaban J connectivity index is 4.35. The van der Waals surface area contributed by atoms with Crippen LogP contribution < -0.4 is 0 Å². The van der Waals surface area contributed by atoms with E-state index in [1.54, 1.807) is 0 Å². The van der Waals surface area contributed by atoms with Crippen molar-refractivity contribution in [3.8, 4) is 0 Å². The van der Waals surface area contributed by atoms with E-state index >= 15 is 0 Å². The maximum Gasteiger partial charge on any atom is 0.306 e. The molecule has 0 spiro atoms. The molecule has 0 saturated carbocycles. The fourth-order valence-electron chi connectivity index (χ4n) is 6.91. The van der Waals surface area contributed by atoms with Crippen molar-refractivity contribution in [3.05, 3.63) is 48.6 Å². The van der Waals surface area contributed by atoms with Gasteiger partial charge in [0.2, 0.25) is 0 Å². The van der Waals surface area contributed by atoms with Crippen LogP contribution >= 0.6 is 0 Å². The molecule has 0 saturated heterocycles. The lowest BCUT2D eigenvalue weighted by molar-refractivity contribution is -0.167. The van der Waals surface area contributed by atoms with Crippen molar-refractivity contribution in [3.63, 3.8) is 0 Å². The predicted molar refractivity (Wildman–Crippen MR) is 247 cm³/mol. The maximum absolute atomic E-state index is 12.7. The number of hydrogen-bond acceptors (Lipinski definition) is 6. The normalized spacial score (nSPS) is 12.4. The Bertz CT molecular complexity index is 1030. The van der Waals surface area contributed by atoms with E-state index in [-0.39, 0.29) is 31.1 Å². The molecule has 0 aliphatic carbocycles. The van der Waals surface area contributed by atoms with Gasteiger partial charge in [-0.15, -0.1) is 0 Å². The predicted octanol–water partition coefficient (Wildman–Crippen LogP) is 15.9. The summed E-state index contributed by atoms with van der Waals surface area (Å²) >= 11 is 0. The monoisotopic (exact) mass is 813 g/mol. The lowest BCUT2D eigenvalue weighted by Crippen LogP contribution is -2.30. The van der Waals surface area contributed by atoms with Gasteiger partial charge < -0.3 is 14.2 Å². The van der Waals surface area contributed by atoms with Gasteiger partial charge in [0.15, 0.2) is 6.10 Å². The Morgan fingerprint density at radius 1 is 0.362 bits per heavy atom. The van der Waals surface area contributed by atoms with Crippen LogP contribution in [0, 0.1) is 0 Å². The van der Waals surface area contributed by atoms with Crippen LogP contribution in [0.4, 0.5) is 0 Å². The van der Waals surface area contributed by atoms with Crippen LogP contribution in [0.2, 0.25) is 0 Å². The Hall–Kier alpha value is -2.63. The molecule has 0 aromatic rings. The van der Waals surface area contributed by atoms with Crippen LogP contribution in [0.3, 0.4) is 0 Å². The van der Waals surface area contributed by atoms with Crippen molar-refractivity contribution in [2.45, 2.75) is 252 Å². The fraction of sp³-hybridized carbons (Fsp3) is 0.788. The van der Waals surface area contributed by atoms with Gasteiger partial charge in [-0.1, -0.05) is 211 Å². The molecule has 1 unspecified atom stereocenters. The first-order chi connectivity index (χ1) is 28.5. The van der Waals surface area contributed by atoms with E-state index in [1.165, 1.54) is 122 Å². The number of carbonyl (C=O) groups is 3. The third kappa shape index (κ3) is 44.5. The average Bonchev–Trinajstić information content (AvgIpc) is 3.22. The molecule has 0 fully saturated rings. The zero-order valence-corrected chi connectivity index (χ0v) is 38.3. The van der Waals surface area contributed by atoms with Gasteiger partial charge in [0.1, 0.15) is 13.2 Å². The van der Waals surface area contributed by atoms with Crippen LogP contribution in [0.1, 0.15) is 245 Å². The summed E-state index contributed by atoms with van der Waals surface area (Å²) in [5.41, 5.74) is 0. The summed E-state index contributed by atoms with van der Waals surface area (Å²) in [6.45, 7) is 6.47. The second-order valence-corrected chi connectivity index (χ2v) is 16.4. The summed E-state index contributed by atoms with van der Waals surface area (Å²) in [6.07, 6.45) is 55.2. The van der Waals surface area contributed by atoms with Crippen LogP contribution in [0.5, 0.6) is 0 Å². The van der Waals surface area contributed by atoms with Crippen molar-refractivity contribution in [1.29, 1.82) is 0 Å². The number of esters is 3. The number of rotatable bonds is 44. The minimum absolute atomic E-state index is 0.0812. The summed E-state index contributed by atoms with van der Waals surface area (Å²) in [7, 11) is 0. The van der Waals surface area contributed by atoms with Crippen molar-refractivity contribution in [1.82, 2.24) is 0 Å². The van der Waals surface area contributed by atoms with Crippen molar-refractivity contribution < 1.29 is 28.6 Å². The summed E-state index contributed by atoms with van der Waals surface area (Å²) < 4.78 is 16.7. The first-order valence-electron chi connectivity index (χ1n) is 24.7. The standard InChI is InChI=1S/C52H92O6/c1-4-7-10-13-16-19-22-24-25-26-27-29-30-33-36-39-42-45-51(54)57-48-49(47-56-50(53)44-41-38-35-32-21-18-15-12-9-6-3)58-52(55)46-43-40-37-34-31-28-23-20-17-14-11-8-5-2/h8,11,14,17,20,23-25,49H,4-7,9-10,12-13,15-16,18-19,21-22,26-48H2,1-3H3/b11-8-,17-14-,23-20-,25-24-. The van der Waals surface area contributed by atoms with Crippen molar-refractivity contribution >= 4 is 17.9 Å². The number of allylic oxidation sites excluding steroid dienone is 8. The topological polar surface area (TPSA) is 78.9 Å². The Morgan fingerprint density at radius 2 is 0.690 bits per heavy atom. The van der Waals surface area contributed by atoms with E-state index in [4.69, 9.17) is 14.2 Å². The molecule has 0 bridgehead atoms. The van der Waals surface area contributed by atoms with E-state index in [0.29, 0.717) is 19.3 Å². The molecular formula is C52H92O6. The molecule has 0 radical (unpaired) electrons. The van der Waals surface area contributed by atoms with Gasteiger partial charge in [-0.05, 0) is 64.2 Å². The summed E-state index contributed by atoms with van der Waals surface area (Å²) in [5, 5.41) is 0. The van der Waals surface area contributed by atoms with Crippen molar-refractivity contribution in [2.24, 2.45) is 0 Å². The molecule has 0 rings (SSSR count). The lowest BCUT2D eigenvalue weighted by atomic mass is 10.1. The molecule has 336 valence electrons. The van der Waals surface area contributed by atoms with Gasteiger partial charge in [-0.2, -0.15) is 0 Å². The molecule has 0 N–H and O–H groups in total. The van der Waals surface area contributed by atoms with E-state index in [1.807, 2.05) is 0 Å². The molecule has 0 amide bonds. The molecule has 58 heavy (non-hydrogen) atoms. The van der Waals surface area contributed by atoms with Gasteiger partial charge in [0.25, 0.3) is 0 Å². The largest absolute Gasteiger partial charge is 0.462 e. The highest BCUT2D eigenvalue weighted by Crippen LogP contribution is 2.15. The molecule has 0 aromatic heterocycles. The number of ether oxygens (including phenoxy) is 3. The highest BCUT2D eigenvalue weighted by atomic mass is 16.6. The lowest BCUT2D eigenvalue weighted by Gasteiger charge is -2.18. The molecular weight excluding hydrogens is 721 g/mol. The Labute approximate surface area is 358 Å². The molecule has 6 nitrogen and oxygen atoms in total. The van der Waals surface area contributed by atoms with Gasteiger partial charge in [-0.25, -0.2) is 0 Å². The quantitative estimate of drug-likeness (QED) is 0.0200. The van der Waals surface area contributed by atoms with Crippen LogP contribution in [-0.2, 0) is 28.6 Å². The van der Waals surface area contributed by atoms with Crippen LogP contribution in [0.15, 0.2) is 48.6 Å². The SMILES string of the molecule is CC\C=C/C=C\C=C/CCCCCCCC(=O)OC(COC(=O)CCCCCCCCC/C=C\CCCCCCCC)COC(=O)CCCCCCCCCCCC. The number of unbranched alkanes of at least 4 members (excludes halogenated alkanes) is 27. The summed E-state index contributed by atoms with van der Waals surface area (Å²) in [5.74, 6) is -0.904. The zero-order valence-electron chi connectivity index (χ0n) is 38.3. The van der Waals surface area contributed by atoms with Gasteiger partial charge in [-0.3, -0.25) is 14.4 Å². The van der Waals surface area contributed by atoms with E-state index in [0.717, 1.165) is 83.5 Å². The first kappa shape index (κ1) is 55.4. The molecule has 6 heteroatoms. The Kier molecular flexibility index (Phi) is 44.9. The highest BCUT2D eigenvalue weighted by Gasteiger charge is 2.19. The minimum atomic E-state index is -0.781. The van der Waals surface area contributed by atoms with E-state index in [9.17, 15) is 14.4 Å². The third-order valence-corrected chi connectivity index (χ3v) is 10.6. The highest BCUT2D eigenvalue weighted by molar-refractivity contribution is 5.71.